The van der Waals surface area contributed by atoms with Crippen LogP contribution in [0.1, 0.15) is 31.7 Å². The molecule has 1 aromatic carbocycles. The first-order valence-corrected chi connectivity index (χ1v) is 9.95. The summed E-state index contributed by atoms with van der Waals surface area (Å²) in [6.07, 6.45) is 4.76. The van der Waals surface area contributed by atoms with Gasteiger partial charge in [-0.3, -0.25) is 9.36 Å². The van der Waals surface area contributed by atoms with Gasteiger partial charge < -0.3 is 10.2 Å². The highest BCUT2D eigenvalue weighted by Gasteiger charge is 2.32. The minimum atomic E-state index is -0.0552. The van der Waals surface area contributed by atoms with E-state index in [9.17, 15) is 4.79 Å². The number of aromatic nitrogens is 3. The number of amides is 1. The van der Waals surface area contributed by atoms with Crippen molar-refractivity contribution < 1.29 is 4.79 Å². The first-order chi connectivity index (χ1) is 12.2. The fraction of sp³-hybridized carbons (Fsp3) is 0.471. The van der Waals surface area contributed by atoms with Gasteiger partial charge >= 0.3 is 0 Å². The molecule has 1 aromatic heterocycles. The van der Waals surface area contributed by atoms with Gasteiger partial charge in [-0.05, 0) is 49.9 Å². The molecule has 4 rings (SSSR count). The topological polar surface area (TPSA) is 63.1 Å². The highest BCUT2D eigenvalue weighted by molar-refractivity contribution is 7.99. The van der Waals surface area contributed by atoms with Crippen molar-refractivity contribution in [2.45, 2.75) is 36.9 Å². The number of nitrogens with zero attached hydrogens (tertiary/aromatic N) is 4. The van der Waals surface area contributed by atoms with E-state index in [0.29, 0.717) is 16.8 Å². The van der Waals surface area contributed by atoms with Gasteiger partial charge in [-0.1, -0.05) is 23.4 Å². The molecule has 1 saturated carbocycles. The van der Waals surface area contributed by atoms with Gasteiger partial charge in [0.2, 0.25) is 11.9 Å². The first kappa shape index (κ1) is 16.7. The largest absolute Gasteiger partial charge is 0.341 e. The van der Waals surface area contributed by atoms with Crippen LogP contribution in [0.15, 0.2) is 29.4 Å². The van der Waals surface area contributed by atoms with E-state index in [1.165, 1.54) is 37.4 Å². The second-order valence-corrected chi connectivity index (χ2v) is 7.80. The van der Waals surface area contributed by atoms with Crippen LogP contribution in [0.4, 0.5) is 11.6 Å². The molecule has 8 heteroatoms. The SMILES string of the molecule is O=C(CSc1nnc(N2CCCC2)n1C1CC1)Nc1ccc(Cl)cc1. The molecule has 1 saturated heterocycles. The van der Waals surface area contributed by atoms with Gasteiger partial charge in [0.1, 0.15) is 0 Å². The Hall–Kier alpha value is -1.73. The Bertz CT molecular complexity index is 753. The summed E-state index contributed by atoms with van der Waals surface area (Å²) in [6, 6.07) is 7.60. The summed E-state index contributed by atoms with van der Waals surface area (Å²) >= 11 is 7.31. The molecule has 1 aliphatic heterocycles. The van der Waals surface area contributed by atoms with E-state index >= 15 is 0 Å². The average Bonchev–Trinajstić information content (AvgIpc) is 3.13. The Labute approximate surface area is 155 Å². The monoisotopic (exact) mass is 377 g/mol. The molecular formula is C17H20ClN5OS. The van der Waals surface area contributed by atoms with E-state index in [0.717, 1.165) is 29.9 Å². The number of nitrogens with one attached hydrogen (secondary N) is 1. The summed E-state index contributed by atoms with van der Waals surface area (Å²) < 4.78 is 2.23. The van der Waals surface area contributed by atoms with Gasteiger partial charge in [-0.15, -0.1) is 10.2 Å². The lowest BCUT2D eigenvalue weighted by molar-refractivity contribution is -0.113. The molecule has 25 heavy (non-hydrogen) atoms. The Morgan fingerprint density at radius 3 is 2.60 bits per heavy atom. The third-order valence-electron chi connectivity index (χ3n) is 4.41. The van der Waals surface area contributed by atoms with E-state index in [4.69, 9.17) is 11.6 Å². The fourth-order valence-corrected chi connectivity index (χ4v) is 3.94. The lowest BCUT2D eigenvalue weighted by Crippen LogP contribution is -2.22. The van der Waals surface area contributed by atoms with Crippen molar-refractivity contribution in [1.29, 1.82) is 0 Å². The Morgan fingerprint density at radius 1 is 1.20 bits per heavy atom. The zero-order chi connectivity index (χ0) is 17.2. The predicted octanol–water partition coefficient (Wildman–Crippen LogP) is 3.60. The van der Waals surface area contributed by atoms with Crippen molar-refractivity contribution in [3.05, 3.63) is 29.3 Å². The average molecular weight is 378 g/mol. The van der Waals surface area contributed by atoms with Crippen molar-refractivity contribution in [3.63, 3.8) is 0 Å². The molecule has 0 radical (unpaired) electrons. The van der Waals surface area contributed by atoms with Gasteiger partial charge in [0, 0.05) is 29.8 Å². The maximum atomic E-state index is 12.2. The number of anilines is 2. The molecule has 0 atom stereocenters. The number of hydrogen-bond acceptors (Lipinski definition) is 5. The molecule has 1 amide bonds. The third-order valence-corrected chi connectivity index (χ3v) is 5.60. The first-order valence-electron chi connectivity index (χ1n) is 8.59. The summed E-state index contributed by atoms with van der Waals surface area (Å²) in [5.41, 5.74) is 0.747. The van der Waals surface area contributed by atoms with Crippen molar-refractivity contribution >= 4 is 40.9 Å². The zero-order valence-electron chi connectivity index (χ0n) is 13.8. The smallest absolute Gasteiger partial charge is 0.234 e. The van der Waals surface area contributed by atoms with Crippen molar-refractivity contribution in [2.75, 3.05) is 29.1 Å². The number of benzene rings is 1. The second-order valence-electron chi connectivity index (χ2n) is 6.42. The van der Waals surface area contributed by atoms with Gasteiger partial charge in [-0.2, -0.15) is 0 Å². The van der Waals surface area contributed by atoms with E-state index in [-0.39, 0.29) is 5.91 Å². The van der Waals surface area contributed by atoms with E-state index < -0.39 is 0 Å². The number of hydrogen-bond donors (Lipinski definition) is 1. The summed E-state index contributed by atoms with van der Waals surface area (Å²) in [5, 5.41) is 13.1. The van der Waals surface area contributed by atoms with Crippen molar-refractivity contribution in [3.8, 4) is 0 Å². The summed E-state index contributed by atoms with van der Waals surface area (Å²) in [4.78, 5) is 14.5. The minimum Gasteiger partial charge on any atom is -0.341 e. The second kappa shape index (κ2) is 7.25. The molecule has 1 N–H and O–H groups in total. The highest BCUT2D eigenvalue weighted by atomic mass is 35.5. The molecule has 132 valence electrons. The van der Waals surface area contributed by atoms with Crippen LogP contribution in [0.3, 0.4) is 0 Å². The fourth-order valence-electron chi connectivity index (χ4n) is 3.01. The highest BCUT2D eigenvalue weighted by Crippen LogP contribution is 2.41. The van der Waals surface area contributed by atoms with Crippen LogP contribution in [0, 0.1) is 0 Å². The number of carbonyl (C=O) groups is 1. The van der Waals surface area contributed by atoms with E-state index in [1.54, 1.807) is 24.3 Å². The Kier molecular flexibility index (Phi) is 4.85. The minimum absolute atomic E-state index is 0.0552. The number of rotatable bonds is 6. The van der Waals surface area contributed by atoms with Gasteiger partial charge in [0.25, 0.3) is 0 Å². The standard InChI is InChI=1S/C17H20ClN5OS/c18-12-3-5-13(6-4-12)19-15(24)11-25-17-21-20-16(22-9-1-2-10-22)23(17)14-7-8-14/h3-6,14H,1-2,7-11H2,(H,19,24). The molecule has 2 fully saturated rings. The Morgan fingerprint density at radius 2 is 1.92 bits per heavy atom. The van der Waals surface area contributed by atoms with Gasteiger partial charge in [-0.25, -0.2) is 0 Å². The maximum absolute atomic E-state index is 12.2. The number of halogens is 1. The maximum Gasteiger partial charge on any atom is 0.234 e. The van der Waals surface area contributed by atoms with E-state index in [2.05, 4.69) is 25.0 Å². The molecule has 2 heterocycles. The normalized spacial score (nSPS) is 17.1. The molecule has 2 aliphatic rings. The van der Waals surface area contributed by atoms with Crippen LogP contribution in [-0.2, 0) is 4.79 Å². The quantitative estimate of drug-likeness (QED) is 0.779. The number of thioether (sulfide) groups is 1. The molecule has 0 unspecified atom stereocenters. The molecule has 6 nitrogen and oxygen atoms in total. The van der Waals surface area contributed by atoms with Crippen molar-refractivity contribution in [2.24, 2.45) is 0 Å². The lowest BCUT2D eigenvalue weighted by atomic mass is 10.3. The molecule has 0 spiro atoms. The predicted molar refractivity (Wildman–Crippen MR) is 101 cm³/mol. The third kappa shape index (κ3) is 3.93. The summed E-state index contributed by atoms with van der Waals surface area (Å²) in [7, 11) is 0. The molecular weight excluding hydrogens is 358 g/mol. The van der Waals surface area contributed by atoms with Crippen LogP contribution in [-0.4, -0.2) is 39.5 Å². The molecule has 1 aliphatic carbocycles. The summed E-state index contributed by atoms with van der Waals surface area (Å²) in [6.45, 7) is 2.10. The number of carbonyl (C=O) groups excluding carboxylic acids is 1. The van der Waals surface area contributed by atoms with Crippen LogP contribution in [0.5, 0.6) is 0 Å². The van der Waals surface area contributed by atoms with Gasteiger partial charge in [0.05, 0.1) is 5.75 Å². The van der Waals surface area contributed by atoms with E-state index in [1.807, 2.05) is 0 Å². The van der Waals surface area contributed by atoms with Crippen LogP contribution < -0.4 is 10.2 Å². The summed E-state index contributed by atoms with van der Waals surface area (Å²) in [5.74, 6) is 1.23. The molecule has 2 aromatic rings. The zero-order valence-corrected chi connectivity index (χ0v) is 15.4. The van der Waals surface area contributed by atoms with Crippen LogP contribution >= 0.6 is 23.4 Å². The van der Waals surface area contributed by atoms with Crippen LogP contribution in [0.2, 0.25) is 5.02 Å². The Balaban J connectivity index is 1.40. The molecule has 0 bridgehead atoms. The van der Waals surface area contributed by atoms with Gasteiger partial charge in [0.15, 0.2) is 5.16 Å². The van der Waals surface area contributed by atoms with Crippen molar-refractivity contribution in [1.82, 2.24) is 14.8 Å². The van der Waals surface area contributed by atoms with Crippen LogP contribution in [0.25, 0.3) is 0 Å². The lowest BCUT2D eigenvalue weighted by Gasteiger charge is -2.17.